The van der Waals surface area contributed by atoms with E-state index in [1.54, 1.807) is 0 Å². The topological polar surface area (TPSA) is 26.3 Å². The molecule has 2 nitrogen and oxygen atoms in total. The summed E-state index contributed by atoms with van der Waals surface area (Å²) in [5.74, 6) is -0.0383. The largest absolute Gasteiger partial charge is 0.465 e. The first kappa shape index (κ1) is 18.1. The Morgan fingerprint density at radius 3 is 2.20 bits per heavy atom. The maximum atomic E-state index is 11.4. The van der Waals surface area contributed by atoms with Gasteiger partial charge >= 0.3 is 5.97 Å². The van der Waals surface area contributed by atoms with Crippen LogP contribution in [0.4, 0.5) is 0 Å². The van der Waals surface area contributed by atoms with E-state index >= 15 is 0 Å². The van der Waals surface area contributed by atoms with Crippen molar-refractivity contribution in [1.29, 1.82) is 0 Å². The van der Waals surface area contributed by atoms with Crippen LogP contribution in [0.2, 0.25) is 32.7 Å². The molecule has 0 saturated heterocycles. The van der Waals surface area contributed by atoms with Gasteiger partial charge < -0.3 is 4.74 Å². The van der Waals surface area contributed by atoms with Gasteiger partial charge in [0.15, 0.2) is 0 Å². The molecule has 0 fully saturated rings. The number of carbonyl (C=O) groups excluding carboxylic acids is 1. The summed E-state index contributed by atoms with van der Waals surface area (Å²) in [7, 11) is -2.25. The molecule has 2 aromatic carbocycles. The zero-order chi connectivity index (χ0) is 18.4. The average Bonchev–Trinajstić information content (AvgIpc) is 2.84. The fraction of sp³-hybridized carbons (Fsp3) is 0.381. The monoisotopic (exact) mass is 368 g/mol. The number of fused-ring (bicyclic) bond motifs is 3. The smallest absolute Gasteiger partial charge is 0.302 e. The van der Waals surface area contributed by atoms with Gasteiger partial charge in [0, 0.05) is 12.8 Å². The van der Waals surface area contributed by atoms with Gasteiger partial charge in [-0.25, -0.2) is 0 Å². The third-order valence-corrected chi connectivity index (χ3v) is 8.89. The summed E-state index contributed by atoms with van der Waals surface area (Å²) in [6.07, 6.45) is 0. The van der Waals surface area contributed by atoms with Crippen molar-refractivity contribution in [3.05, 3.63) is 47.5 Å². The highest BCUT2D eigenvalue weighted by Gasteiger charge is 2.31. The van der Waals surface area contributed by atoms with Crippen molar-refractivity contribution in [1.82, 2.24) is 0 Å². The standard InChI is InChI=1S/C21H28O2Si2/c1-14(22)23-13-21-19-11-15(24(2)3)7-9-17(19)18-10-8-16(12-20(18)21)25(4,5)6/h7-12,21,24H,13H2,1-6H3. The minimum atomic E-state index is -1.38. The zero-order valence-corrected chi connectivity index (χ0v) is 18.3. The van der Waals surface area contributed by atoms with E-state index in [1.165, 1.54) is 39.6 Å². The first-order valence-electron chi connectivity index (χ1n) is 9.10. The highest BCUT2D eigenvalue weighted by Crippen LogP contribution is 2.44. The summed E-state index contributed by atoms with van der Waals surface area (Å²) in [6, 6.07) is 13.9. The first-order valence-corrected chi connectivity index (χ1v) is 15.5. The summed E-state index contributed by atoms with van der Waals surface area (Å²) >= 11 is 0. The molecule has 0 aliphatic heterocycles. The minimum Gasteiger partial charge on any atom is -0.465 e. The molecule has 4 heteroatoms. The summed E-state index contributed by atoms with van der Waals surface area (Å²) in [5, 5.41) is 2.94. The van der Waals surface area contributed by atoms with E-state index in [0.717, 1.165) is 0 Å². The van der Waals surface area contributed by atoms with E-state index < -0.39 is 16.9 Å². The summed E-state index contributed by atoms with van der Waals surface area (Å²) in [4.78, 5) is 11.4. The molecule has 2 aromatic rings. The van der Waals surface area contributed by atoms with Gasteiger partial charge in [0.25, 0.3) is 0 Å². The molecule has 25 heavy (non-hydrogen) atoms. The third kappa shape index (κ3) is 3.51. The maximum absolute atomic E-state index is 11.4. The van der Waals surface area contributed by atoms with E-state index in [9.17, 15) is 4.79 Å². The molecule has 1 atom stereocenters. The maximum Gasteiger partial charge on any atom is 0.302 e. The van der Waals surface area contributed by atoms with E-state index in [-0.39, 0.29) is 11.9 Å². The van der Waals surface area contributed by atoms with Crippen molar-refractivity contribution in [3.63, 3.8) is 0 Å². The minimum absolute atomic E-state index is 0.165. The van der Waals surface area contributed by atoms with Crippen molar-refractivity contribution in [2.45, 2.75) is 45.6 Å². The average molecular weight is 369 g/mol. The van der Waals surface area contributed by atoms with Crippen molar-refractivity contribution in [2.24, 2.45) is 0 Å². The number of rotatable bonds is 4. The first-order chi connectivity index (χ1) is 11.7. The molecule has 1 aliphatic carbocycles. The Balaban J connectivity index is 2.13. The predicted molar refractivity (Wildman–Crippen MR) is 112 cm³/mol. The zero-order valence-electron chi connectivity index (χ0n) is 16.1. The van der Waals surface area contributed by atoms with Crippen LogP contribution < -0.4 is 10.4 Å². The molecule has 132 valence electrons. The van der Waals surface area contributed by atoms with Crippen LogP contribution in [0, 0.1) is 0 Å². The van der Waals surface area contributed by atoms with Crippen LogP contribution in [0.3, 0.4) is 0 Å². The molecule has 0 heterocycles. The van der Waals surface area contributed by atoms with E-state index in [4.69, 9.17) is 4.74 Å². The second-order valence-electron chi connectivity index (χ2n) is 8.41. The summed E-state index contributed by atoms with van der Waals surface area (Å²) in [6.45, 7) is 13.8. The van der Waals surface area contributed by atoms with Crippen LogP contribution in [0.25, 0.3) is 11.1 Å². The Labute approximate surface area is 153 Å². The number of hydrogen-bond acceptors (Lipinski definition) is 2. The quantitative estimate of drug-likeness (QED) is 0.609. The second-order valence-corrected chi connectivity index (χ2v) is 16.5. The van der Waals surface area contributed by atoms with Crippen molar-refractivity contribution in [3.8, 4) is 11.1 Å². The fourth-order valence-electron chi connectivity index (χ4n) is 3.58. The molecule has 1 aliphatic rings. The number of ether oxygens (including phenoxy) is 1. The second kappa shape index (κ2) is 6.58. The lowest BCUT2D eigenvalue weighted by Gasteiger charge is -2.20. The molecule has 0 bridgehead atoms. The van der Waals surface area contributed by atoms with E-state index in [1.807, 2.05) is 0 Å². The van der Waals surface area contributed by atoms with Crippen LogP contribution in [0.15, 0.2) is 36.4 Å². The third-order valence-electron chi connectivity index (χ3n) is 5.15. The lowest BCUT2D eigenvalue weighted by Crippen LogP contribution is -2.37. The molecular formula is C21H28O2Si2. The highest BCUT2D eigenvalue weighted by atomic mass is 28.3. The van der Waals surface area contributed by atoms with Crippen molar-refractivity contribution < 1.29 is 9.53 Å². The molecule has 0 amide bonds. The molecule has 0 aromatic heterocycles. The lowest BCUT2D eigenvalue weighted by atomic mass is 9.98. The molecule has 3 rings (SSSR count). The predicted octanol–water partition coefficient (Wildman–Crippen LogP) is 3.60. The highest BCUT2D eigenvalue weighted by molar-refractivity contribution is 6.88. The summed E-state index contributed by atoms with van der Waals surface area (Å²) < 4.78 is 5.45. The lowest BCUT2D eigenvalue weighted by molar-refractivity contribution is -0.141. The number of esters is 1. The van der Waals surface area contributed by atoms with Crippen LogP contribution in [-0.4, -0.2) is 29.4 Å². The SMILES string of the molecule is CC(=O)OCC1c2cc([SiH](C)C)ccc2-c2ccc([Si](C)(C)C)cc21. The van der Waals surface area contributed by atoms with Crippen LogP contribution in [0.1, 0.15) is 24.0 Å². The van der Waals surface area contributed by atoms with Crippen molar-refractivity contribution >= 4 is 33.2 Å². The van der Waals surface area contributed by atoms with Crippen LogP contribution in [-0.2, 0) is 9.53 Å². The molecule has 0 N–H and O–H groups in total. The molecule has 0 spiro atoms. The number of benzene rings is 2. The Hall–Kier alpha value is -1.66. The van der Waals surface area contributed by atoms with Gasteiger partial charge in [0.1, 0.15) is 6.61 Å². The number of carbonyl (C=O) groups is 1. The van der Waals surface area contributed by atoms with Gasteiger partial charge in [0.05, 0.1) is 16.9 Å². The summed E-state index contributed by atoms with van der Waals surface area (Å²) in [5.41, 5.74) is 5.29. The Morgan fingerprint density at radius 2 is 1.64 bits per heavy atom. The van der Waals surface area contributed by atoms with Gasteiger partial charge in [-0.15, -0.1) is 0 Å². The Kier molecular flexibility index (Phi) is 4.77. The molecule has 0 radical (unpaired) electrons. The van der Waals surface area contributed by atoms with Gasteiger partial charge in [-0.3, -0.25) is 4.79 Å². The fourth-order valence-corrected chi connectivity index (χ4v) is 5.75. The Bertz CT molecular complexity index is 819. The normalized spacial score (nSPS) is 15.9. The van der Waals surface area contributed by atoms with Crippen LogP contribution in [0.5, 0.6) is 0 Å². The number of hydrogen-bond donors (Lipinski definition) is 0. The molecule has 0 saturated carbocycles. The van der Waals surface area contributed by atoms with Crippen molar-refractivity contribution in [2.75, 3.05) is 6.61 Å². The Morgan fingerprint density at radius 1 is 1.04 bits per heavy atom. The van der Waals surface area contributed by atoms with Gasteiger partial charge in [0.2, 0.25) is 0 Å². The molecular weight excluding hydrogens is 340 g/mol. The van der Waals surface area contributed by atoms with Gasteiger partial charge in [-0.2, -0.15) is 0 Å². The molecule has 1 unspecified atom stereocenters. The van der Waals surface area contributed by atoms with Gasteiger partial charge in [-0.1, -0.05) is 79.5 Å². The van der Waals surface area contributed by atoms with Gasteiger partial charge in [-0.05, 0) is 22.3 Å². The van der Waals surface area contributed by atoms with Crippen LogP contribution >= 0.6 is 0 Å². The van der Waals surface area contributed by atoms with E-state index in [0.29, 0.717) is 6.61 Å². The van der Waals surface area contributed by atoms with E-state index in [2.05, 4.69) is 69.1 Å².